The second-order valence-electron chi connectivity index (χ2n) is 5.56. The largest absolute Gasteiger partial charge is 0.345 e. The Balaban J connectivity index is 1.74. The third-order valence-corrected chi connectivity index (χ3v) is 5.54. The van der Waals surface area contributed by atoms with Crippen LogP contribution in [0, 0.1) is 0 Å². The van der Waals surface area contributed by atoms with Crippen molar-refractivity contribution in [3.8, 4) is 0 Å². The van der Waals surface area contributed by atoms with Gasteiger partial charge in [0.05, 0.1) is 10.4 Å². The molecule has 3 nitrogen and oxygen atoms in total. The molecule has 1 heterocycles. The maximum absolute atomic E-state index is 12.3. The number of hydrogen-bond acceptors (Lipinski definition) is 3. The molecule has 0 spiro atoms. The van der Waals surface area contributed by atoms with Crippen molar-refractivity contribution in [1.82, 2.24) is 5.32 Å². The van der Waals surface area contributed by atoms with Gasteiger partial charge in [-0.2, -0.15) is 0 Å². The number of rotatable bonds is 3. The molecule has 0 aliphatic heterocycles. The Morgan fingerprint density at radius 1 is 1.33 bits per heavy atom. The van der Waals surface area contributed by atoms with Crippen molar-refractivity contribution in [2.24, 2.45) is 5.73 Å². The van der Waals surface area contributed by atoms with Crippen LogP contribution in [0.4, 0.5) is 0 Å². The van der Waals surface area contributed by atoms with Crippen molar-refractivity contribution in [2.75, 3.05) is 6.54 Å². The van der Waals surface area contributed by atoms with E-state index in [2.05, 4.69) is 11.4 Å². The van der Waals surface area contributed by atoms with Gasteiger partial charge < -0.3 is 11.1 Å². The summed E-state index contributed by atoms with van der Waals surface area (Å²) in [6.07, 6.45) is 7.95. The Labute approximate surface area is 112 Å². The van der Waals surface area contributed by atoms with Gasteiger partial charge in [0, 0.05) is 11.4 Å². The van der Waals surface area contributed by atoms with Crippen LogP contribution in [-0.4, -0.2) is 18.0 Å². The van der Waals surface area contributed by atoms with Crippen LogP contribution in [0.1, 0.15) is 52.2 Å². The van der Waals surface area contributed by atoms with Gasteiger partial charge in [0.1, 0.15) is 0 Å². The van der Waals surface area contributed by atoms with E-state index in [0.717, 1.165) is 30.6 Å². The summed E-state index contributed by atoms with van der Waals surface area (Å²) in [5.41, 5.74) is 7.11. The lowest BCUT2D eigenvalue weighted by Crippen LogP contribution is -2.51. The minimum Gasteiger partial charge on any atom is -0.345 e. The van der Waals surface area contributed by atoms with Crippen molar-refractivity contribution in [1.29, 1.82) is 0 Å². The highest BCUT2D eigenvalue weighted by molar-refractivity contribution is 7.14. The topological polar surface area (TPSA) is 55.1 Å². The molecule has 3 rings (SSSR count). The smallest absolute Gasteiger partial charge is 0.261 e. The zero-order valence-corrected chi connectivity index (χ0v) is 11.4. The lowest BCUT2D eigenvalue weighted by Gasteiger charge is -2.28. The van der Waals surface area contributed by atoms with Crippen LogP contribution < -0.4 is 11.1 Å². The van der Waals surface area contributed by atoms with Crippen LogP contribution in [0.3, 0.4) is 0 Å². The summed E-state index contributed by atoms with van der Waals surface area (Å²) in [5.74, 6) is 0.0850. The highest BCUT2D eigenvalue weighted by atomic mass is 32.1. The molecule has 0 radical (unpaired) electrons. The molecule has 4 heteroatoms. The molecule has 0 saturated heterocycles. The molecule has 98 valence electrons. The van der Waals surface area contributed by atoms with E-state index in [1.165, 1.54) is 29.7 Å². The minimum atomic E-state index is -0.133. The van der Waals surface area contributed by atoms with Crippen LogP contribution in [0.5, 0.6) is 0 Å². The first kappa shape index (κ1) is 12.2. The molecule has 1 fully saturated rings. The first-order chi connectivity index (χ1) is 8.72. The van der Waals surface area contributed by atoms with Crippen molar-refractivity contribution >= 4 is 17.2 Å². The summed E-state index contributed by atoms with van der Waals surface area (Å²) < 4.78 is 0. The first-order valence-corrected chi connectivity index (χ1v) is 7.68. The van der Waals surface area contributed by atoms with E-state index in [1.807, 2.05) is 0 Å². The number of carbonyl (C=O) groups excluding carboxylic acids is 1. The second kappa shape index (κ2) is 4.67. The first-order valence-electron chi connectivity index (χ1n) is 6.87. The average molecular weight is 264 g/mol. The molecule has 1 saturated carbocycles. The van der Waals surface area contributed by atoms with Crippen molar-refractivity contribution in [2.45, 2.75) is 50.5 Å². The van der Waals surface area contributed by atoms with Gasteiger partial charge in [-0.25, -0.2) is 0 Å². The van der Waals surface area contributed by atoms with Crippen molar-refractivity contribution < 1.29 is 4.79 Å². The molecule has 3 N–H and O–H groups in total. The van der Waals surface area contributed by atoms with Gasteiger partial charge in [0.15, 0.2) is 0 Å². The molecule has 1 amide bonds. The van der Waals surface area contributed by atoms with E-state index in [-0.39, 0.29) is 11.4 Å². The summed E-state index contributed by atoms with van der Waals surface area (Å²) in [4.78, 5) is 14.6. The summed E-state index contributed by atoms with van der Waals surface area (Å²) in [6.45, 7) is 0.559. The van der Waals surface area contributed by atoms with Crippen molar-refractivity contribution in [3.05, 3.63) is 21.4 Å². The molecule has 0 atom stereocenters. The molecule has 18 heavy (non-hydrogen) atoms. The molecule has 1 aromatic heterocycles. The highest BCUT2D eigenvalue weighted by Crippen LogP contribution is 2.32. The van der Waals surface area contributed by atoms with Crippen LogP contribution in [-0.2, 0) is 12.8 Å². The van der Waals surface area contributed by atoms with Crippen LogP contribution in [0.2, 0.25) is 0 Å². The van der Waals surface area contributed by atoms with Gasteiger partial charge >= 0.3 is 0 Å². The Morgan fingerprint density at radius 3 is 2.78 bits per heavy atom. The van der Waals surface area contributed by atoms with Gasteiger partial charge in [-0.1, -0.05) is 12.8 Å². The van der Waals surface area contributed by atoms with E-state index in [4.69, 9.17) is 5.73 Å². The van der Waals surface area contributed by atoms with E-state index in [1.54, 1.807) is 11.3 Å². The Hall–Kier alpha value is -0.870. The number of amides is 1. The average Bonchev–Trinajstić information content (AvgIpc) is 3.03. The Bertz CT molecular complexity index is 439. The predicted molar refractivity (Wildman–Crippen MR) is 74.1 cm³/mol. The van der Waals surface area contributed by atoms with Crippen LogP contribution in [0.25, 0.3) is 0 Å². The minimum absolute atomic E-state index is 0.0850. The molecule has 2 aliphatic rings. The standard InChI is InChI=1S/C14H20N2OS/c15-9-14(6-1-2-7-14)16-13(17)12-8-10-4-3-5-11(10)18-12/h8H,1-7,9,15H2,(H,16,17). The van der Waals surface area contributed by atoms with Gasteiger partial charge in [0.2, 0.25) is 0 Å². The lowest BCUT2D eigenvalue weighted by atomic mass is 9.98. The van der Waals surface area contributed by atoms with Gasteiger partial charge in [-0.15, -0.1) is 11.3 Å². The van der Waals surface area contributed by atoms with E-state index in [9.17, 15) is 4.79 Å². The van der Waals surface area contributed by atoms with Gasteiger partial charge in [-0.05, 0) is 43.7 Å². The molecule has 0 unspecified atom stereocenters. The molecular formula is C14H20N2OS. The fourth-order valence-corrected chi connectivity index (χ4v) is 4.32. The molecule has 0 bridgehead atoms. The molecule has 0 aromatic carbocycles. The Kier molecular flexibility index (Phi) is 3.16. The van der Waals surface area contributed by atoms with Crippen molar-refractivity contribution in [3.63, 3.8) is 0 Å². The maximum Gasteiger partial charge on any atom is 0.261 e. The normalized spacial score (nSPS) is 20.9. The number of fused-ring (bicyclic) bond motifs is 1. The SMILES string of the molecule is NCC1(NC(=O)c2cc3c(s2)CCC3)CCCC1. The molecule has 2 aliphatic carbocycles. The number of thiophene rings is 1. The summed E-state index contributed by atoms with van der Waals surface area (Å²) >= 11 is 1.67. The van der Waals surface area contributed by atoms with Crippen LogP contribution >= 0.6 is 11.3 Å². The number of hydrogen-bond donors (Lipinski definition) is 2. The number of nitrogens with one attached hydrogen (secondary N) is 1. The highest BCUT2D eigenvalue weighted by Gasteiger charge is 2.34. The van der Waals surface area contributed by atoms with E-state index in [0.29, 0.717) is 6.54 Å². The van der Waals surface area contributed by atoms with E-state index >= 15 is 0 Å². The zero-order valence-electron chi connectivity index (χ0n) is 10.6. The third kappa shape index (κ3) is 2.08. The maximum atomic E-state index is 12.3. The fourth-order valence-electron chi connectivity index (χ4n) is 3.18. The summed E-state index contributed by atoms with van der Waals surface area (Å²) in [7, 11) is 0. The molecule has 1 aromatic rings. The number of nitrogens with two attached hydrogens (primary N) is 1. The van der Waals surface area contributed by atoms with Crippen LogP contribution in [0.15, 0.2) is 6.07 Å². The lowest BCUT2D eigenvalue weighted by molar-refractivity contribution is 0.0907. The predicted octanol–water partition coefficient (Wildman–Crippen LogP) is 2.24. The number of carbonyl (C=O) groups is 1. The summed E-state index contributed by atoms with van der Waals surface area (Å²) in [5, 5.41) is 3.19. The number of aryl methyl sites for hydroxylation is 2. The monoisotopic (exact) mass is 264 g/mol. The van der Waals surface area contributed by atoms with E-state index < -0.39 is 0 Å². The summed E-state index contributed by atoms with van der Waals surface area (Å²) in [6, 6.07) is 2.08. The zero-order chi connectivity index (χ0) is 12.6. The molecular weight excluding hydrogens is 244 g/mol. The second-order valence-corrected chi connectivity index (χ2v) is 6.70. The van der Waals surface area contributed by atoms with Gasteiger partial charge in [0.25, 0.3) is 5.91 Å². The Morgan fingerprint density at radius 2 is 2.11 bits per heavy atom. The quantitative estimate of drug-likeness (QED) is 0.879. The third-order valence-electron chi connectivity index (χ3n) is 4.30. The van der Waals surface area contributed by atoms with Gasteiger partial charge in [-0.3, -0.25) is 4.79 Å². The fraction of sp³-hybridized carbons (Fsp3) is 0.643.